The fourth-order valence-electron chi connectivity index (χ4n) is 3.86. The summed E-state index contributed by atoms with van der Waals surface area (Å²) in [5, 5.41) is 1.21. The third kappa shape index (κ3) is 3.20. The van der Waals surface area contributed by atoms with E-state index in [0.29, 0.717) is 0 Å². The van der Waals surface area contributed by atoms with E-state index in [2.05, 4.69) is 45.3 Å². The molecule has 4 heteroatoms. The van der Waals surface area contributed by atoms with Gasteiger partial charge in [-0.15, -0.1) is 0 Å². The summed E-state index contributed by atoms with van der Waals surface area (Å²) in [7, 11) is 0. The number of benzene rings is 2. The number of para-hydroxylation sites is 1. The highest BCUT2D eigenvalue weighted by atomic mass is 16.5. The lowest BCUT2D eigenvalue weighted by molar-refractivity contribution is 0.244. The Bertz CT molecular complexity index is 1070. The summed E-state index contributed by atoms with van der Waals surface area (Å²) in [5.41, 5.74) is 4.95. The van der Waals surface area contributed by atoms with Crippen LogP contribution in [0.5, 0.6) is 11.5 Å². The Hall–Kier alpha value is -3.11. The van der Waals surface area contributed by atoms with Crippen LogP contribution in [-0.4, -0.2) is 21.4 Å². The maximum Gasteiger partial charge on any atom is 0.137 e. The first kappa shape index (κ1) is 16.1. The standard InChI is InChI=1S/C23H21N3O/c1-2-7-19(8-3-1)27-22-10-4-6-17-15-26(13-11-20(17)22)16-18-14-25-23-21(18)9-5-12-24-23/h1-10,12,14H,11,13,15-16H2,(H,24,25). The molecule has 134 valence electrons. The zero-order valence-corrected chi connectivity index (χ0v) is 15.1. The van der Waals surface area contributed by atoms with E-state index in [1.165, 1.54) is 22.1 Å². The maximum absolute atomic E-state index is 6.14. The van der Waals surface area contributed by atoms with Gasteiger partial charge in [-0.25, -0.2) is 4.98 Å². The zero-order valence-electron chi connectivity index (χ0n) is 15.1. The Balaban J connectivity index is 1.36. The molecular formula is C23H21N3O. The van der Waals surface area contributed by atoms with Crippen molar-refractivity contribution in [1.82, 2.24) is 14.9 Å². The topological polar surface area (TPSA) is 41.1 Å². The fraction of sp³-hybridized carbons (Fsp3) is 0.174. The summed E-state index contributed by atoms with van der Waals surface area (Å²) in [4.78, 5) is 10.2. The molecule has 0 atom stereocenters. The number of ether oxygens (including phenoxy) is 1. The van der Waals surface area contributed by atoms with Crippen LogP contribution in [-0.2, 0) is 19.5 Å². The van der Waals surface area contributed by atoms with Gasteiger partial charge in [-0.1, -0.05) is 30.3 Å². The highest BCUT2D eigenvalue weighted by molar-refractivity contribution is 5.79. The van der Waals surface area contributed by atoms with Crippen molar-refractivity contribution >= 4 is 11.0 Å². The van der Waals surface area contributed by atoms with Crippen LogP contribution in [0, 0.1) is 0 Å². The van der Waals surface area contributed by atoms with Gasteiger partial charge in [-0.2, -0.15) is 0 Å². The minimum Gasteiger partial charge on any atom is -0.457 e. The van der Waals surface area contributed by atoms with Crippen molar-refractivity contribution in [1.29, 1.82) is 0 Å². The Morgan fingerprint density at radius 2 is 1.93 bits per heavy atom. The third-order valence-corrected chi connectivity index (χ3v) is 5.20. The molecule has 3 heterocycles. The molecular weight excluding hydrogens is 334 g/mol. The number of fused-ring (bicyclic) bond motifs is 2. The Morgan fingerprint density at radius 1 is 1.00 bits per heavy atom. The molecule has 1 aliphatic heterocycles. The predicted octanol–water partition coefficient (Wildman–Crippen LogP) is 4.91. The van der Waals surface area contributed by atoms with Crippen LogP contribution in [0.1, 0.15) is 16.7 Å². The second-order valence-corrected chi connectivity index (χ2v) is 6.98. The summed E-state index contributed by atoms with van der Waals surface area (Å²) in [6.45, 7) is 2.89. The summed E-state index contributed by atoms with van der Waals surface area (Å²) in [6.07, 6.45) is 4.91. The van der Waals surface area contributed by atoms with E-state index in [1.54, 1.807) is 0 Å². The molecule has 0 fully saturated rings. The van der Waals surface area contributed by atoms with Crippen molar-refractivity contribution in [3.63, 3.8) is 0 Å². The van der Waals surface area contributed by atoms with Gasteiger partial charge in [0.05, 0.1) is 0 Å². The average Bonchev–Trinajstić information content (AvgIpc) is 3.12. The molecule has 27 heavy (non-hydrogen) atoms. The predicted molar refractivity (Wildman–Crippen MR) is 107 cm³/mol. The maximum atomic E-state index is 6.14. The molecule has 2 aromatic carbocycles. The lowest BCUT2D eigenvalue weighted by Crippen LogP contribution is -2.30. The zero-order chi connectivity index (χ0) is 18.1. The molecule has 0 unspecified atom stereocenters. The molecule has 0 saturated heterocycles. The first-order valence-electron chi connectivity index (χ1n) is 9.34. The average molecular weight is 355 g/mol. The monoisotopic (exact) mass is 355 g/mol. The smallest absolute Gasteiger partial charge is 0.137 e. The van der Waals surface area contributed by atoms with Crippen LogP contribution >= 0.6 is 0 Å². The van der Waals surface area contributed by atoms with Crippen LogP contribution in [0.25, 0.3) is 11.0 Å². The van der Waals surface area contributed by atoms with Crippen molar-refractivity contribution in [2.75, 3.05) is 6.54 Å². The van der Waals surface area contributed by atoms with Crippen LogP contribution in [0.2, 0.25) is 0 Å². The van der Waals surface area contributed by atoms with Crippen molar-refractivity contribution in [2.24, 2.45) is 0 Å². The lowest BCUT2D eigenvalue weighted by Gasteiger charge is -2.29. The number of nitrogens with one attached hydrogen (secondary N) is 1. The molecule has 2 aromatic heterocycles. The van der Waals surface area contributed by atoms with Crippen molar-refractivity contribution < 1.29 is 4.74 Å². The second-order valence-electron chi connectivity index (χ2n) is 6.98. The third-order valence-electron chi connectivity index (χ3n) is 5.20. The van der Waals surface area contributed by atoms with Crippen molar-refractivity contribution in [2.45, 2.75) is 19.5 Å². The van der Waals surface area contributed by atoms with E-state index in [-0.39, 0.29) is 0 Å². The summed E-state index contributed by atoms with van der Waals surface area (Å²) < 4.78 is 6.14. The van der Waals surface area contributed by atoms with Crippen molar-refractivity contribution in [3.05, 3.63) is 89.7 Å². The van der Waals surface area contributed by atoms with Gasteiger partial charge in [-0.05, 0) is 47.9 Å². The van der Waals surface area contributed by atoms with Gasteiger partial charge in [-0.3, -0.25) is 4.90 Å². The number of aromatic amines is 1. The van der Waals surface area contributed by atoms with Gasteiger partial charge in [0.2, 0.25) is 0 Å². The van der Waals surface area contributed by atoms with Gasteiger partial charge >= 0.3 is 0 Å². The quantitative estimate of drug-likeness (QED) is 0.565. The Morgan fingerprint density at radius 3 is 2.85 bits per heavy atom. The van der Waals surface area contributed by atoms with Gasteiger partial charge < -0.3 is 9.72 Å². The largest absolute Gasteiger partial charge is 0.457 e. The first-order valence-corrected chi connectivity index (χ1v) is 9.34. The van der Waals surface area contributed by atoms with Gasteiger partial charge in [0.25, 0.3) is 0 Å². The SMILES string of the molecule is c1ccc(Oc2cccc3c2CCN(Cc2c[nH]c4ncccc24)C3)cc1. The molecule has 0 spiro atoms. The number of rotatable bonds is 4. The minimum atomic E-state index is 0.889. The van der Waals surface area contributed by atoms with Crippen LogP contribution in [0.4, 0.5) is 0 Å². The number of hydrogen-bond donors (Lipinski definition) is 1. The summed E-state index contributed by atoms with van der Waals surface area (Å²) in [5.74, 6) is 1.87. The Kier molecular flexibility index (Phi) is 4.11. The summed E-state index contributed by atoms with van der Waals surface area (Å²) >= 11 is 0. The van der Waals surface area contributed by atoms with E-state index < -0.39 is 0 Å². The molecule has 0 bridgehead atoms. The molecule has 1 aliphatic rings. The molecule has 5 rings (SSSR count). The van der Waals surface area contributed by atoms with Gasteiger partial charge in [0.15, 0.2) is 0 Å². The number of H-pyrrole nitrogens is 1. The normalized spacial score (nSPS) is 14.2. The fourth-order valence-corrected chi connectivity index (χ4v) is 3.86. The molecule has 4 nitrogen and oxygen atoms in total. The van der Waals surface area contributed by atoms with Gasteiger partial charge in [0, 0.05) is 43.0 Å². The van der Waals surface area contributed by atoms with Gasteiger partial charge in [0.1, 0.15) is 17.1 Å². The van der Waals surface area contributed by atoms with E-state index in [0.717, 1.165) is 43.2 Å². The number of nitrogens with zero attached hydrogens (tertiary/aromatic N) is 2. The second kappa shape index (κ2) is 6.89. The van der Waals surface area contributed by atoms with Crippen LogP contribution in [0.15, 0.2) is 73.1 Å². The number of hydrogen-bond acceptors (Lipinski definition) is 3. The van der Waals surface area contributed by atoms with E-state index in [4.69, 9.17) is 4.74 Å². The van der Waals surface area contributed by atoms with Crippen LogP contribution in [0.3, 0.4) is 0 Å². The summed E-state index contributed by atoms with van der Waals surface area (Å²) in [6, 6.07) is 20.5. The number of aromatic nitrogens is 2. The lowest BCUT2D eigenvalue weighted by atomic mass is 9.98. The highest BCUT2D eigenvalue weighted by Gasteiger charge is 2.20. The van der Waals surface area contributed by atoms with Crippen LogP contribution < -0.4 is 4.74 Å². The molecule has 4 aromatic rings. The van der Waals surface area contributed by atoms with E-state index >= 15 is 0 Å². The van der Waals surface area contributed by atoms with E-state index in [9.17, 15) is 0 Å². The molecule has 0 saturated carbocycles. The molecule has 0 aliphatic carbocycles. The molecule has 0 amide bonds. The highest BCUT2D eigenvalue weighted by Crippen LogP contribution is 2.32. The minimum absolute atomic E-state index is 0.889. The molecule has 1 N–H and O–H groups in total. The molecule has 0 radical (unpaired) electrons. The first-order chi connectivity index (χ1) is 13.4. The van der Waals surface area contributed by atoms with Crippen molar-refractivity contribution in [3.8, 4) is 11.5 Å². The Labute approximate surface area is 158 Å². The van der Waals surface area contributed by atoms with E-state index in [1.807, 2.05) is 42.6 Å². The number of pyridine rings is 1.